The van der Waals surface area contributed by atoms with Crippen LogP contribution in [-0.2, 0) is 9.53 Å². The second kappa shape index (κ2) is 8.31. The van der Waals surface area contributed by atoms with Gasteiger partial charge in [0.25, 0.3) is 0 Å². The van der Waals surface area contributed by atoms with Crippen LogP contribution in [0.4, 0.5) is 0 Å². The number of carbonyl (C=O) groups excluding carboxylic acids is 1. The third-order valence-corrected chi connectivity index (χ3v) is 5.98. The average molecular weight is 399 g/mol. The van der Waals surface area contributed by atoms with Crippen molar-refractivity contribution in [1.29, 1.82) is 0 Å². The van der Waals surface area contributed by atoms with Gasteiger partial charge in [-0.2, -0.15) is 0 Å². The minimum absolute atomic E-state index is 0.102. The molecule has 2 aromatic rings. The zero-order valence-electron chi connectivity index (χ0n) is 16.1. The molecular formula is C21H26N4O2S. The summed E-state index contributed by atoms with van der Waals surface area (Å²) in [5.74, 6) is -0.270. The van der Waals surface area contributed by atoms with Crippen LogP contribution in [-0.4, -0.2) is 38.7 Å². The lowest BCUT2D eigenvalue weighted by Gasteiger charge is -2.26. The summed E-state index contributed by atoms with van der Waals surface area (Å²) in [6, 6.07) is 8.38. The van der Waals surface area contributed by atoms with Crippen LogP contribution in [0.25, 0.3) is 0 Å². The lowest BCUT2D eigenvalue weighted by Crippen LogP contribution is -2.35. The highest BCUT2D eigenvalue weighted by Gasteiger charge is 2.41. The van der Waals surface area contributed by atoms with E-state index in [2.05, 4.69) is 33.3 Å². The molecule has 0 amide bonds. The molecule has 6 nitrogen and oxygen atoms in total. The molecule has 0 aromatic carbocycles. The van der Waals surface area contributed by atoms with Crippen molar-refractivity contribution in [3.05, 3.63) is 54.1 Å². The number of hydrogen-bond donors (Lipinski definition) is 1. The van der Waals surface area contributed by atoms with Gasteiger partial charge in [0, 0.05) is 24.6 Å². The van der Waals surface area contributed by atoms with Crippen LogP contribution in [0.3, 0.4) is 0 Å². The molecule has 28 heavy (non-hydrogen) atoms. The second-order valence-corrected chi connectivity index (χ2v) is 7.78. The van der Waals surface area contributed by atoms with Crippen LogP contribution in [0.15, 0.2) is 42.9 Å². The maximum atomic E-state index is 12.2. The molecule has 148 valence electrons. The van der Waals surface area contributed by atoms with Crippen molar-refractivity contribution in [2.75, 3.05) is 13.2 Å². The molecule has 0 radical (unpaired) electrons. The van der Waals surface area contributed by atoms with Gasteiger partial charge in [-0.25, -0.2) is 0 Å². The minimum Gasteiger partial charge on any atom is -0.465 e. The first-order valence-electron chi connectivity index (χ1n) is 9.98. The van der Waals surface area contributed by atoms with Crippen LogP contribution in [0.5, 0.6) is 0 Å². The molecule has 3 heterocycles. The Morgan fingerprint density at radius 1 is 1.32 bits per heavy atom. The Balaban J connectivity index is 1.66. The Hall–Kier alpha value is -2.41. The van der Waals surface area contributed by atoms with Crippen molar-refractivity contribution in [1.82, 2.24) is 19.8 Å². The normalized spacial score (nSPS) is 22.5. The van der Waals surface area contributed by atoms with Gasteiger partial charge in [0.1, 0.15) is 6.54 Å². The van der Waals surface area contributed by atoms with Gasteiger partial charge in [0.15, 0.2) is 5.11 Å². The van der Waals surface area contributed by atoms with Crippen LogP contribution in [0.2, 0.25) is 0 Å². The minimum atomic E-state index is -0.270. The highest BCUT2D eigenvalue weighted by molar-refractivity contribution is 7.80. The number of carbonyl (C=O) groups is 1. The Bertz CT molecular complexity index is 832. The molecule has 0 spiro atoms. The largest absolute Gasteiger partial charge is 0.465 e. The summed E-state index contributed by atoms with van der Waals surface area (Å²) in [6.07, 6.45) is 11.2. The first-order chi connectivity index (χ1) is 13.7. The van der Waals surface area contributed by atoms with E-state index >= 15 is 0 Å². The van der Waals surface area contributed by atoms with E-state index in [0.29, 0.717) is 17.8 Å². The van der Waals surface area contributed by atoms with E-state index < -0.39 is 0 Å². The van der Waals surface area contributed by atoms with Crippen molar-refractivity contribution in [3.8, 4) is 0 Å². The fraction of sp³-hybridized carbons (Fsp3) is 0.476. The SMILES string of the molecule is CCOC(=O)CN1C(=S)NC(c2ccccn2)C1c1ccn(C2CCCC2)c1. The molecule has 2 aliphatic rings. The lowest BCUT2D eigenvalue weighted by molar-refractivity contribution is -0.143. The first-order valence-corrected chi connectivity index (χ1v) is 10.4. The van der Waals surface area contributed by atoms with Gasteiger partial charge < -0.3 is 19.5 Å². The van der Waals surface area contributed by atoms with Crippen LogP contribution >= 0.6 is 12.2 Å². The highest BCUT2D eigenvalue weighted by atomic mass is 32.1. The van der Waals surface area contributed by atoms with Crippen LogP contribution < -0.4 is 5.32 Å². The molecule has 2 unspecified atom stereocenters. The third kappa shape index (κ3) is 3.76. The molecule has 4 rings (SSSR count). The predicted molar refractivity (Wildman–Crippen MR) is 111 cm³/mol. The quantitative estimate of drug-likeness (QED) is 0.593. The van der Waals surface area contributed by atoms with Crippen molar-refractivity contribution in [2.24, 2.45) is 0 Å². The van der Waals surface area contributed by atoms with Crippen molar-refractivity contribution in [2.45, 2.75) is 50.7 Å². The molecule has 2 fully saturated rings. The maximum absolute atomic E-state index is 12.2. The van der Waals surface area contributed by atoms with Crippen molar-refractivity contribution < 1.29 is 9.53 Å². The van der Waals surface area contributed by atoms with Gasteiger partial charge in [-0.15, -0.1) is 0 Å². The summed E-state index contributed by atoms with van der Waals surface area (Å²) in [5.41, 5.74) is 2.05. The Kier molecular flexibility index (Phi) is 5.62. The number of nitrogens with one attached hydrogen (secondary N) is 1. The highest BCUT2D eigenvalue weighted by Crippen LogP contribution is 2.39. The predicted octanol–water partition coefficient (Wildman–Crippen LogP) is 3.53. The number of rotatable bonds is 6. The van der Waals surface area contributed by atoms with Gasteiger partial charge in [-0.05, 0) is 55.7 Å². The molecule has 0 bridgehead atoms. The van der Waals surface area contributed by atoms with E-state index in [1.807, 2.05) is 30.0 Å². The number of aromatic nitrogens is 2. The zero-order chi connectivity index (χ0) is 19.5. The summed E-state index contributed by atoms with van der Waals surface area (Å²) < 4.78 is 7.50. The molecular weight excluding hydrogens is 372 g/mol. The van der Waals surface area contributed by atoms with E-state index in [-0.39, 0.29) is 24.6 Å². The van der Waals surface area contributed by atoms with Gasteiger partial charge in [-0.3, -0.25) is 9.78 Å². The molecule has 1 saturated carbocycles. The van der Waals surface area contributed by atoms with Gasteiger partial charge in [-0.1, -0.05) is 18.9 Å². The van der Waals surface area contributed by atoms with Crippen molar-refractivity contribution in [3.63, 3.8) is 0 Å². The molecule has 1 saturated heterocycles. The average Bonchev–Trinajstić information content (AvgIpc) is 3.43. The number of pyridine rings is 1. The van der Waals surface area contributed by atoms with Gasteiger partial charge in [0.2, 0.25) is 0 Å². The number of thiocarbonyl (C=S) groups is 1. The van der Waals surface area contributed by atoms with E-state index in [1.54, 1.807) is 6.20 Å². The van der Waals surface area contributed by atoms with Crippen LogP contribution in [0, 0.1) is 0 Å². The van der Waals surface area contributed by atoms with E-state index in [9.17, 15) is 4.79 Å². The monoisotopic (exact) mass is 398 g/mol. The smallest absolute Gasteiger partial charge is 0.325 e. The first kappa shape index (κ1) is 18.9. The number of ether oxygens (including phenoxy) is 1. The molecule has 1 N–H and O–H groups in total. The fourth-order valence-corrected chi connectivity index (χ4v) is 4.62. The van der Waals surface area contributed by atoms with Crippen molar-refractivity contribution >= 4 is 23.3 Å². The fourth-order valence-electron chi connectivity index (χ4n) is 4.32. The second-order valence-electron chi connectivity index (χ2n) is 7.39. The van der Waals surface area contributed by atoms with E-state index in [0.717, 1.165) is 11.3 Å². The number of nitrogens with zero attached hydrogens (tertiary/aromatic N) is 3. The Morgan fingerprint density at radius 2 is 2.14 bits per heavy atom. The molecule has 1 aliphatic heterocycles. The van der Waals surface area contributed by atoms with E-state index in [1.165, 1.54) is 25.7 Å². The van der Waals surface area contributed by atoms with Gasteiger partial charge in [0.05, 0.1) is 24.4 Å². The summed E-state index contributed by atoms with van der Waals surface area (Å²) in [4.78, 5) is 18.7. The maximum Gasteiger partial charge on any atom is 0.325 e. The summed E-state index contributed by atoms with van der Waals surface area (Å²) in [7, 11) is 0. The zero-order valence-corrected chi connectivity index (χ0v) is 16.9. The Morgan fingerprint density at radius 3 is 2.86 bits per heavy atom. The summed E-state index contributed by atoms with van der Waals surface area (Å²) in [5, 5.41) is 3.93. The van der Waals surface area contributed by atoms with Gasteiger partial charge >= 0.3 is 5.97 Å². The molecule has 2 atom stereocenters. The molecule has 1 aliphatic carbocycles. The summed E-state index contributed by atoms with van der Waals surface area (Å²) >= 11 is 5.58. The van der Waals surface area contributed by atoms with E-state index in [4.69, 9.17) is 17.0 Å². The molecule has 7 heteroatoms. The number of hydrogen-bond acceptors (Lipinski definition) is 4. The Labute approximate surface area is 170 Å². The van der Waals surface area contributed by atoms with Crippen LogP contribution in [0.1, 0.15) is 62.0 Å². The molecule has 2 aromatic heterocycles. The topological polar surface area (TPSA) is 59.4 Å². The third-order valence-electron chi connectivity index (χ3n) is 5.63. The standard InChI is InChI=1S/C21H26N4O2S/c1-2-27-18(26)14-25-20(15-10-12-24(13-15)16-7-3-4-8-16)19(23-21(25)28)17-9-5-6-11-22-17/h5-6,9-13,16,19-20H,2-4,7-8,14H2,1H3,(H,23,28). The lowest BCUT2D eigenvalue weighted by atomic mass is 9.99. The number of esters is 1. The summed E-state index contributed by atoms with van der Waals surface area (Å²) in [6.45, 7) is 2.30.